The third-order valence-electron chi connectivity index (χ3n) is 4.01. The lowest BCUT2D eigenvalue weighted by atomic mass is 10.1. The van der Waals surface area contributed by atoms with Gasteiger partial charge in [0.2, 0.25) is 5.95 Å². The second-order valence-corrected chi connectivity index (χ2v) is 5.65. The van der Waals surface area contributed by atoms with Crippen LogP contribution in [0.4, 0.5) is 11.8 Å². The van der Waals surface area contributed by atoms with E-state index < -0.39 is 0 Å². The molecule has 1 aromatic carbocycles. The highest BCUT2D eigenvalue weighted by Crippen LogP contribution is 2.23. The Hall–Kier alpha value is -2.95. The van der Waals surface area contributed by atoms with Crippen LogP contribution in [0.5, 0.6) is 0 Å². The third-order valence-corrected chi connectivity index (χ3v) is 4.01. The van der Waals surface area contributed by atoms with Gasteiger partial charge in [-0.1, -0.05) is 36.4 Å². The first-order chi connectivity index (χ1) is 12.3. The van der Waals surface area contributed by atoms with Gasteiger partial charge in [0.05, 0.1) is 17.9 Å². The van der Waals surface area contributed by atoms with Gasteiger partial charge in [-0.25, -0.2) is 4.98 Å². The standard InChI is InChI=1S/C20H23N5/c1-3-25(4-2)20-23-18(16-10-6-5-7-11-16)14-19(24-20)22-15-17-12-8-9-13-21-17/h5-14H,3-4,15H2,1-2H3,(H,22,23,24). The number of nitrogens with one attached hydrogen (secondary N) is 1. The van der Waals surface area contributed by atoms with Crippen LogP contribution < -0.4 is 10.2 Å². The molecule has 0 aliphatic heterocycles. The summed E-state index contributed by atoms with van der Waals surface area (Å²) in [5.41, 5.74) is 2.98. The number of benzene rings is 1. The smallest absolute Gasteiger partial charge is 0.227 e. The summed E-state index contributed by atoms with van der Waals surface area (Å²) in [5, 5.41) is 3.37. The van der Waals surface area contributed by atoms with E-state index in [0.717, 1.165) is 41.8 Å². The molecule has 3 rings (SSSR count). The van der Waals surface area contributed by atoms with Gasteiger partial charge in [-0.2, -0.15) is 4.98 Å². The number of hydrogen-bond acceptors (Lipinski definition) is 5. The predicted molar refractivity (Wildman–Crippen MR) is 103 cm³/mol. The van der Waals surface area contributed by atoms with E-state index in [-0.39, 0.29) is 0 Å². The Morgan fingerprint density at radius 1 is 0.920 bits per heavy atom. The molecule has 5 heteroatoms. The third kappa shape index (κ3) is 4.32. The second kappa shape index (κ2) is 8.24. The van der Waals surface area contributed by atoms with Crippen LogP contribution in [0, 0.1) is 0 Å². The number of pyridine rings is 1. The molecule has 2 aromatic heterocycles. The molecule has 0 fully saturated rings. The van der Waals surface area contributed by atoms with Crippen LogP contribution in [-0.4, -0.2) is 28.0 Å². The minimum atomic E-state index is 0.629. The quantitative estimate of drug-likeness (QED) is 0.708. The summed E-state index contributed by atoms with van der Waals surface area (Å²) in [7, 11) is 0. The minimum absolute atomic E-state index is 0.629. The fraction of sp³-hybridized carbons (Fsp3) is 0.250. The Labute approximate surface area is 148 Å². The van der Waals surface area contributed by atoms with Gasteiger partial charge < -0.3 is 10.2 Å². The van der Waals surface area contributed by atoms with E-state index in [9.17, 15) is 0 Å². The van der Waals surface area contributed by atoms with Crippen LogP contribution >= 0.6 is 0 Å². The van der Waals surface area contributed by atoms with Crippen LogP contribution in [-0.2, 0) is 6.54 Å². The summed E-state index contributed by atoms with van der Waals surface area (Å²) < 4.78 is 0. The Kier molecular flexibility index (Phi) is 5.57. The Bertz CT molecular complexity index is 786. The Morgan fingerprint density at radius 3 is 2.36 bits per heavy atom. The zero-order chi connectivity index (χ0) is 17.5. The first-order valence-electron chi connectivity index (χ1n) is 8.63. The van der Waals surface area contributed by atoms with Gasteiger partial charge in [0.1, 0.15) is 5.82 Å². The van der Waals surface area contributed by atoms with Crippen LogP contribution in [0.3, 0.4) is 0 Å². The predicted octanol–water partition coefficient (Wildman–Crippen LogP) is 4.00. The van der Waals surface area contributed by atoms with Gasteiger partial charge in [-0.15, -0.1) is 0 Å². The number of rotatable bonds is 7. The minimum Gasteiger partial charge on any atom is -0.364 e. The first kappa shape index (κ1) is 16.9. The fourth-order valence-corrected chi connectivity index (χ4v) is 2.61. The molecule has 1 N–H and O–H groups in total. The van der Waals surface area contributed by atoms with Crippen molar-refractivity contribution in [2.24, 2.45) is 0 Å². The SMILES string of the molecule is CCN(CC)c1nc(NCc2ccccn2)cc(-c2ccccc2)n1. The van der Waals surface area contributed by atoms with Gasteiger partial charge in [0, 0.05) is 30.9 Å². The molecule has 0 aliphatic rings. The van der Waals surface area contributed by atoms with Gasteiger partial charge in [-0.05, 0) is 26.0 Å². The maximum absolute atomic E-state index is 4.76. The van der Waals surface area contributed by atoms with Crippen molar-refractivity contribution in [3.63, 3.8) is 0 Å². The summed E-state index contributed by atoms with van der Waals surface area (Å²) in [6, 6.07) is 18.1. The Morgan fingerprint density at radius 2 is 1.68 bits per heavy atom. The topological polar surface area (TPSA) is 53.9 Å². The molecule has 3 aromatic rings. The Balaban J connectivity index is 1.92. The van der Waals surface area contributed by atoms with Gasteiger partial charge >= 0.3 is 0 Å². The van der Waals surface area contributed by atoms with Crippen LogP contribution in [0.25, 0.3) is 11.3 Å². The maximum atomic E-state index is 4.76. The van der Waals surface area contributed by atoms with Crippen molar-refractivity contribution in [3.05, 3.63) is 66.5 Å². The molecule has 0 unspecified atom stereocenters. The van der Waals surface area contributed by atoms with Crippen molar-refractivity contribution in [1.29, 1.82) is 0 Å². The molecule has 2 heterocycles. The zero-order valence-electron chi connectivity index (χ0n) is 14.7. The fourth-order valence-electron chi connectivity index (χ4n) is 2.61. The lowest BCUT2D eigenvalue weighted by Crippen LogP contribution is -2.24. The molecular weight excluding hydrogens is 310 g/mol. The highest BCUT2D eigenvalue weighted by atomic mass is 15.3. The lowest BCUT2D eigenvalue weighted by molar-refractivity contribution is 0.821. The first-order valence-corrected chi connectivity index (χ1v) is 8.63. The molecule has 5 nitrogen and oxygen atoms in total. The second-order valence-electron chi connectivity index (χ2n) is 5.65. The molecular formula is C20H23N5. The van der Waals surface area contributed by atoms with E-state index in [0.29, 0.717) is 6.54 Å². The number of nitrogens with zero attached hydrogens (tertiary/aromatic N) is 4. The van der Waals surface area contributed by atoms with Gasteiger partial charge in [0.25, 0.3) is 0 Å². The molecule has 0 amide bonds. The van der Waals surface area contributed by atoms with Crippen molar-refractivity contribution in [2.75, 3.05) is 23.3 Å². The molecule has 0 aliphatic carbocycles. The van der Waals surface area contributed by atoms with Gasteiger partial charge in [0.15, 0.2) is 0 Å². The highest BCUT2D eigenvalue weighted by molar-refractivity contribution is 5.64. The zero-order valence-corrected chi connectivity index (χ0v) is 14.7. The number of anilines is 2. The van der Waals surface area contributed by atoms with Crippen LogP contribution in [0.15, 0.2) is 60.8 Å². The van der Waals surface area contributed by atoms with E-state index in [2.05, 4.69) is 41.2 Å². The molecule has 0 atom stereocenters. The molecule has 128 valence electrons. The maximum Gasteiger partial charge on any atom is 0.227 e. The highest BCUT2D eigenvalue weighted by Gasteiger charge is 2.11. The largest absolute Gasteiger partial charge is 0.364 e. The van der Waals surface area contributed by atoms with E-state index in [1.54, 1.807) is 6.20 Å². The average Bonchev–Trinajstić information content (AvgIpc) is 2.69. The molecule has 0 spiro atoms. The van der Waals surface area contributed by atoms with Crippen molar-refractivity contribution in [1.82, 2.24) is 15.0 Å². The summed E-state index contributed by atoms with van der Waals surface area (Å²) in [6.45, 7) is 6.60. The van der Waals surface area contributed by atoms with Crippen molar-refractivity contribution in [3.8, 4) is 11.3 Å². The van der Waals surface area contributed by atoms with E-state index >= 15 is 0 Å². The van der Waals surface area contributed by atoms with E-state index in [1.807, 2.05) is 42.5 Å². The van der Waals surface area contributed by atoms with Crippen LogP contribution in [0.1, 0.15) is 19.5 Å². The molecule has 0 bridgehead atoms. The van der Waals surface area contributed by atoms with E-state index in [4.69, 9.17) is 9.97 Å². The molecule has 25 heavy (non-hydrogen) atoms. The summed E-state index contributed by atoms with van der Waals surface area (Å²) in [4.78, 5) is 16.0. The summed E-state index contributed by atoms with van der Waals surface area (Å²) in [5.74, 6) is 1.55. The van der Waals surface area contributed by atoms with Gasteiger partial charge in [-0.3, -0.25) is 4.98 Å². The monoisotopic (exact) mass is 333 g/mol. The van der Waals surface area contributed by atoms with Crippen LogP contribution in [0.2, 0.25) is 0 Å². The lowest BCUT2D eigenvalue weighted by Gasteiger charge is -2.20. The molecule has 0 saturated carbocycles. The van der Waals surface area contributed by atoms with Crippen molar-refractivity contribution >= 4 is 11.8 Å². The molecule has 0 saturated heterocycles. The average molecular weight is 333 g/mol. The van der Waals surface area contributed by atoms with E-state index in [1.165, 1.54) is 0 Å². The summed E-state index contributed by atoms with van der Waals surface area (Å²) >= 11 is 0. The normalized spacial score (nSPS) is 10.5. The van der Waals surface area contributed by atoms with Crippen molar-refractivity contribution in [2.45, 2.75) is 20.4 Å². The number of hydrogen-bond donors (Lipinski definition) is 1. The molecule has 0 radical (unpaired) electrons. The van der Waals surface area contributed by atoms with Crippen molar-refractivity contribution < 1.29 is 0 Å². The number of aromatic nitrogens is 3. The summed E-state index contributed by atoms with van der Waals surface area (Å²) in [6.07, 6.45) is 1.80.